The van der Waals surface area contributed by atoms with Crippen molar-refractivity contribution in [2.75, 3.05) is 13.1 Å². The zero-order valence-electron chi connectivity index (χ0n) is 12.0. The number of hydrogen-bond donors (Lipinski definition) is 0. The van der Waals surface area contributed by atoms with Crippen molar-refractivity contribution in [2.45, 2.75) is 18.8 Å². The Morgan fingerprint density at radius 3 is 3.00 bits per heavy atom. The number of likely N-dealkylation sites (tertiary alicyclic amines) is 1. The molecule has 110 valence electrons. The molecule has 2 aromatic rings. The minimum absolute atomic E-state index is 0.151. The van der Waals surface area contributed by atoms with E-state index in [1.165, 1.54) is 5.56 Å². The van der Waals surface area contributed by atoms with Gasteiger partial charge in [0, 0.05) is 37.3 Å². The van der Waals surface area contributed by atoms with Crippen LogP contribution in [0.15, 0.2) is 36.5 Å². The molecule has 1 amide bonds. The average molecular weight is 304 g/mol. The second-order valence-electron chi connectivity index (χ2n) is 5.54. The number of aromatic nitrogens is 2. The molecule has 0 saturated carbocycles. The van der Waals surface area contributed by atoms with Gasteiger partial charge in [0.05, 0.1) is 12.1 Å². The van der Waals surface area contributed by atoms with Crippen LogP contribution in [0, 0.1) is 0 Å². The first-order valence-corrected chi connectivity index (χ1v) is 7.51. The van der Waals surface area contributed by atoms with Gasteiger partial charge in [-0.3, -0.25) is 9.48 Å². The number of nitrogens with zero attached hydrogens (tertiary/aromatic N) is 3. The number of carbonyl (C=O) groups is 1. The molecule has 2 heterocycles. The maximum absolute atomic E-state index is 12.3. The Balaban J connectivity index is 1.62. The van der Waals surface area contributed by atoms with Crippen LogP contribution >= 0.6 is 11.6 Å². The van der Waals surface area contributed by atoms with Crippen molar-refractivity contribution in [1.82, 2.24) is 14.7 Å². The fourth-order valence-electron chi connectivity index (χ4n) is 2.84. The van der Waals surface area contributed by atoms with E-state index in [0.29, 0.717) is 12.3 Å². The molecule has 0 aliphatic carbocycles. The van der Waals surface area contributed by atoms with E-state index >= 15 is 0 Å². The summed E-state index contributed by atoms with van der Waals surface area (Å²) in [5, 5.41) is 5.02. The fourth-order valence-corrected chi connectivity index (χ4v) is 3.04. The summed E-state index contributed by atoms with van der Waals surface area (Å²) in [7, 11) is 1.86. The van der Waals surface area contributed by atoms with Gasteiger partial charge in [0.2, 0.25) is 5.91 Å². The normalized spacial score (nSPS) is 18.2. The fraction of sp³-hybridized carbons (Fsp3) is 0.375. The first-order chi connectivity index (χ1) is 10.1. The van der Waals surface area contributed by atoms with E-state index in [2.05, 4.69) is 11.2 Å². The summed E-state index contributed by atoms with van der Waals surface area (Å²) in [5.74, 6) is 0.537. The van der Waals surface area contributed by atoms with Gasteiger partial charge in [-0.25, -0.2) is 0 Å². The highest BCUT2D eigenvalue weighted by atomic mass is 35.5. The highest BCUT2D eigenvalue weighted by molar-refractivity contribution is 6.30. The zero-order chi connectivity index (χ0) is 14.8. The molecule has 0 N–H and O–H groups in total. The minimum atomic E-state index is 0.151. The summed E-state index contributed by atoms with van der Waals surface area (Å²) < 4.78 is 1.72. The van der Waals surface area contributed by atoms with Crippen molar-refractivity contribution < 1.29 is 4.79 Å². The number of amides is 1. The number of halogens is 1. The van der Waals surface area contributed by atoms with Crippen LogP contribution in [0.3, 0.4) is 0 Å². The van der Waals surface area contributed by atoms with E-state index in [-0.39, 0.29) is 5.91 Å². The van der Waals surface area contributed by atoms with Gasteiger partial charge in [0.1, 0.15) is 0 Å². The van der Waals surface area contributed by atoms with E-state index in [9.17, 15) is 4.79 Å². The molecule has 4 nitrogen and oxygen atoms in total. The topological polar surface area (TPSA) is 38.1 Å². The van der Waals surface area contributed by atoms with Gasteiger partial charge in [-0.2, -0.15) is 5.10 Å². The van der Waals surface area contributed by atoms with Gasteiger partial charge >= 0.3 is 0 Å². The molecule has 3 rings (SSSR count). The number of benzene rings is 1. The SMILES string of the molecule is Cn1ccc(CC(=O)N2CC[C@H](c3cccc(Cl)c3)C2)n1. The molecule has 0 radical (unpaired) electrons. The van der Waals surface area contributed by atoms with E-state index in [1.807, 2.05) is 42.4 Å². The van der Waals surface area contributed by atoms with Crippen LogP contribution in [0.25, 0.3) is 0 Å². The van der Waals surface area contributed by atoms with Crippen LogP contribution in [-0.4, -0.2) is 33.7 Å². The third kappa shape index (κ3) is 3.27. The Bertz CT molecular complexity index is 652. The molecule has 1 aromatic carbocycles. The molecule has 1 aliphatic rings. The molecule has 0 bridgehead atoms. The minimum Gasteiger partial charge on any atom is -0.342 e. The van der Waals surface area contributed by atoms with Crippen LogP contribution in [0.2, 0.25) is 5.02 Å². The van der Waals surface area contributed by atoms with Crippen LogP contribution < -0.4 is 0 Å². The number of aryl methyl sites for hydroxylation is 1. The summed E-state index contributed by atoms with van der Waals surface area (Å²) in [6.07, 6.45) is 3.23. The van der Waals surface area contributed by atoms with E-state index in [0.717, 1.165) is 30.2 Å². The first-order valence-electron chi connectivity index (χ1n) is 7.13. The second kappa shape index (κ2) is 5.90. The van der Waals surface area contributed by atoms with E-state index in [4.69, 9.17) is 11.6 Å². The third-order valence-corrected chi connectivity index (χ3v) is 4.20. The Hall–Kier alpha value is -1.81. The Kier molecular flexibility index (Phi) is 3.97. The van der Waals surface area contributed by atoms with Crippen molar-refractivity contribution in [3.8, 4) is 0 Å². The number of carbonyl (C=O) groups excluding carboxylic acids is 1. The summed E-state index contributed by atoms with van der Waals surface area (Å²) in [5.41, 5.74) is 2.05. The van der Waals surface area contributed by atoms with Crippen molar-refractivity contribution in [2.24, 2.45) is 7.05 Å². The van der Waals surface area contributed by atoms with E-state index < -0.39 is 0 Å². The summed E-state index contributed by atoms with van der Waals surface area (Å²) >= 11 is 6.04. The largest absolute Gasteiger partial charge is 0.342 e. The smallest absolute Gasteiger partial charge is 0.228 e. The van der Waals surface area contributed by atoms with Crippen LogP contribution in [0.5, 0.6) is 0 Å². The summed E-state index contributed by atoms with van der Waals surface area (Å²) in [6.45, 7) is 1.58. The predicted molar refractivity (Wildman–Crippen MR) is 82.3 cm³/mol. The van der Waals surface area contributed by atoms with Crippen LogP contribution in [0.4, 0.5) is 0 Å². The van der Waals surface area contributed by atoms with Gasteiger partial charge in [-0.15, -0.1) is 0 Å². The molecule has 5 heteroatoms. The average Bonchev–Trinajstić information content (AvgIpc) is 3.08. The monoisotopic (exact) mass is 303 g/mol. The van der Waals surface area contributed by atoms with Gasteiger partial charge in [-0.1, -0.05) is 23.7 Å². The molecular formula is C16H18ClN3O. The highest BCUT2D eigenvalue weighted by Gasteiger charge is 2.27. The Morgan fingerprint density at radius 2 is 2.29 bits per heavy atom. The highest BCUT2D eigenvalue weighted by Crippen LogP contribution is 2.29. The quantitative estimate of drug-likeness (QED) is 0.874. The number of hydrogen-bond acceptors (Lipinski definition) is 2. The van der Waals surface area contributed by atoms with Crippen molar-refractivity contribution in [3.63, 3.8) is 0 Å². The van der Waals surface area contributed by atoms with Crippen LogP contribution in [-0.2, 0) is 18.3 Å². The molecule has 1 atom stereocenters. The predicted octanol–water partition coefficient (Wildman–Crippen LogP) is 2.63. The van der Waals surface area contributed by atoms with E-state index in [1.54, 1.807) is 4.68 Å². The Morgan fingerprint density at radius 1 is 1.43 bits per heavy atom. The molecule has 0 unspecified atom stereocenters. The third-order valence-electron chi connectivity index (χ3n) is 3.96. The summed E-state index contributed by atoms with van der Waals surface area (Å²) in [6, 6.07) is 9.82. The molecule has 1 fully saturated rings. The zero-order valence-corrected chi connectivity index (χ0v) is 12.8. The van der Waals surface area contributed by atoms with Gasteiger partial charge in [0.15, 0.2) is 0 Å². The second-order valence-corrected chi connectivity index (χ2v) is 5.97. The molecule has 1 saturated heterocycles. The first kappa shape index (κ1) is 14.1. The maximum Gasteiger partial charge on any atom is 0.228 e. The molecule has 21 heavy (non-hydrogen) atoms. The molecule has 1 aliphatic heterocycles. The maximum atomic E-state index is 12.3. The molecule has 0 spiro atoms. The lowest BCUT2D eigenvalue weighted by Gasteiger charge is -2.16. The molecule has 1 aromatic heterocycles. The van der Waals surface area contributed by atoms with Crippen molar-refractivity contribution >= 4 is 17.5 Å². The van der Waals surface area contributed by atoms with Crippen molar-refractivity contribution in [3.05, 3.63) is 52.8 Å². The molecular weight excluding hydrogens is 286 g/mol. The lowest BCUT2D eigenvalue weighted by atomic mass is 9.99. The lowest BCUT2D eigenvalue weighted by molar-refractivity contribution is -0.129. The number of rotatable bonds is 3. The van der Waals surface area contributed by atoms with Gasteiger partial charge in [-0.05, 0) is 30.2 Å². The van der Waals surface area contributed by atoms with Crippen LogP contribution in [0.1, 0.15) is 23.6 Å². The standard InChI is InChI=1S/C16H18ClN3O/c1-19-7-6-15(18-19)10-16(21)20-8-5-13(11-20)12-3-2-4-14(17)9-12/h2-4,6-7,9,13H,5,8,10-11H2,1H3/t13-/m0/s1. The van der Waals surface area contributed by atoms with Gasteiger partial charge < -0.3 is 4.90 Å². The van der Waals surface area contributed by atoms with Crippen molar-refractivity contribution in [1.29, 1.82) is 0 Å². The Labute approximate surface area is 129 Å². The lowest BCUT2D eigenvalue weighted by Crippen LogP contribution is -2.30. The summed E-state index contributed by atoms with van der Waals surface area (Å²) in [4.78, 5) is 14.2. The van der Waals surface area contributed by atoms with Gasteiger partial charge in [0.25, 0.3) is 0 Å².